The Balaban J connectivity index is 1.76. The molecule has 5 nitrogen and oxygen atoms in total. The minimum absolute atomic E-state index is 0.231. The van der Waals surface area contributed by atoms with Gasteiger partial charge >= 0.3 is 0 Å². The summed E-state index contributed by atoms with van der Waals surface area (Å²) in [6.45, 7) is 2.84. The predicted octanol–water partition coefficient (Wildman–Crippen LogP) is 3.88. The molecule has 2 aromatic rings. The average Bonchev–Trinajstić information content (AvgIpc) is 3.16. The number of anilines is 1. The highest BCUT2D eigenvalue weighted by Gasteiger charge is 2.22. The van der Waals surface area contributed by atoms with Gasteiger partial charge in [0.05, 0.1) is 5.56 Å². The van der Waals surface area contributed by atoms with Crippen LogP contribution in [-0.2, 0) is 24.2 Å². The number of ether oxygens (including phenoxy) is 1. The van der Waals surface area contributed by atoms with Crippen LogP contribution >= 0.6 is 11.3 Å². The molecule has 0 saturated carbocycles. The summed E-state index contributed by atoms with van der Waals surface area (Å²) in [7, 11) is 0. The highest BCUT2D eigenvalue weighted by Crippen LogP contribution is 2.37. The first-order chi connectivity index (χ1) is 11.2. The van der Waals surface area contributed by atoms with E-state index < -0.39 is 0 Å². The van der Waals surface area contributed by atoms with Gasteiger partial charge < -0.3 is 14.5 Å². The molecule has 23 heavy (non-hydrogen) atoms. The Morgan fingerprint density at radius 1 is 1.43 bits per heavy atom. The van der Waals surface area contributed by atoms with E-state index in [1.54, 1.807) is 12.1 Å². The van der Waals surface area contributed by atoms with Crippen LogP contribution < -0.4 is 5.32 Å². The number of nitrogens with zero attached hydrogens (tertiary/aromatic N) is 1. The first kappa shape index (κ1) is 15.8. The summed E-state index contributed by atoms with van der Waals surface area (Å²) in [5, 5.41) is 12.9. The van der Waals surface area contributed by atoms with Gasteiger partial charge in [0.2, 0.25) is 0 Å². The summed E-state index contributed by atoms with van der Waals surface area (Å²) >= 11 is 1.51. The first-order valence-electron chi connectivity index (χ1n) is 7.75. The fourth-order valence-corrected chi connectivity index (χ4v) is 3.95. The Morgan fingerprint density at radius 3 is 3.04 bits per heavy atom. The van der Waals surface area contributed by atoms with Crippen LogP contribution in [0.1, 0.15) is 52.1 Å². The lowest BCUT2D eigenvalue weighted by atomic mass is 9.96. The van der Waals surface area contributed by atoms with Crippen LogP contribution in [0.4, 0.5) is 5.00 Å². The Kier molecular flexibility index (Phi) is 4.79. The van der Waals surface area contributed by atoms with Crippen LogP contribution in [0.25, 0.3) is 0 Å². The van der Waals surface area contributed by atoms with Crippen LogP contribution in [-0.4, -0.2) is 12.5 Å². The second-order valence-electron chi connectivity index (χ2n) is 5.38. The number of carbonyl (C=O) groups excluding carboxylic acids is 1. The van der Waals surface area contributed by atoms with Gasteiger partial charge in [0.1, 0.15) is 23.4 Å². The predicted molar refractivity (Wildman–Crippen MR) is 87.7 cm³/mol. The zero-order valence-electron chi connectivity index (χ0n) is 13.0. The Bertz CT molecular complexity index is 754. The third-order valence-corrected chi connectivity index (χ3v) is 5.05. The molecule has 120 valence electrons. The second-order valence-corrected chi connectivity index (χ2v) is 6.49. The highest BCUT2D eigenvalue weighted by molar-refractivity contribution is 7.16. The lowest BCUT2D eigenvalue weighted by Gasteiger charge is -2.09. The van der Waals surface area contributed by atoms with E-state index in [4.69, 9.17) is 9.15 Å². The van der Waals surface area contributed by atoms with Crippen molar-refractivity contribution >= 4 is 22.2 Å². The van der Waals surface area contributed by atoms with E-state index in [0.717, 1.165) is 31.2 Å². The molecule has 0 atom stereocenters. The van der Waals surface area contributed by atoms with Crippen molar-refractivity contribution in [3.05, 3.63) is 39.7 Å². The zero-order valence-corrected chi connectivity index (χ0v) is 13.8. The summed E-state index contributed by atoms with van der Waals surface area (Å²) in [6.07, 6.45) is 4.16. The largest absolute Gasteiger partial charge is 0.453 e. The molecule has 2 aromatic heterocycles. The van der Waals surface area contributed by atoms with Crippen LogP contribution in [0, 0.1) is 11.3 Å². The monoisotopic (exact) mass is 330 g/mol. The standard InChI is InChI=1S/C17H18N2O3S/c1-2-21-10-11-7-8-14(22-11)16(20)19-17-13(9-18)12-5-3-4-6-15(12)23-17/h7-8H,2-6,10H2,1H3,(H,19,20). The number of thiophene rings is 1. The van der Waals surface area contributed by atoms with Gasteiger partial charge in [0, 0.05) is 11.5 Å². The molecular weight excluding hydrogens is 312 g/mol. The van der Waals surface area contributed by atoms with E-state index in [-0.39, 0.29) is 11.7 Å². The van der Waals surface area contributed by atoms with Crippen molar-refractivity contribution in [2.45, 2.75) is 39.2 Å². The fourth-order valence-electron chi connectivity index (χ4n) is 2.72. The topological polar surface area (TPSA) is 75.3 Å². The average molecular weight is 330 g/mol. The second kappa shape index (κ2) is 6.99. The Hall–Kier alpha value is -2.10. The highest BCUT2D eigenvalue weighted by atomic mass is 32.1. The van der Waals surface area contributed by atoms with Crippen molar-refractivity contribution in [2.24, 2.45) is 0 Å². The third-order valence-electron chi connectivity index (χ3n) is 3.84. The van der Waals surface area contributed by atoms with Crippen molar-refractivity contribution < 1.29 is 13.9 Å². The normalized spacial score (nSPS) is 13.4. The van der Waals surface area contributed by atoms with Crippen molar-refractivity contribution in [1.29, 1.82) is 5.26 Å². The van der Waals surface area contributed by atoms with Gasteiger partial charge in [-0.3, -0.25) is 4.79 Å². The number of carbonyl (C=O) groups is 1. The molecule has 3 rings (SSSR count). The maximum absolute atomic E-state index is 12.3. The number of nitriles is 1. The lowest BCUT2D eigenvalue weighted by molar-refractivity contribution is 0.0972. The van der Waals surface area contributed by atoms with Gasteiger partial charge in [-0.05, 0) is 50.3 Å². The lowest BCUT2D eigenvalue weighted by Crippen LogP contribution is -2.11. The van der Waals surface area contributed by atoms with Crippen LogP contribution in [0.2, 0.25) is 0 Å². The summed E-state index contributed by atoms with van der Waals surface area (Å²) in [4.78, 5) is 13.6. The minimum Gasteiger partial charge on any atom is -0.453 e. The summed E-state index contributed by atoms with van der Waals surface area (Å²) in [5.41, 5.74) is 1.72. The van der Waals surface area contributed by atoms with E-state index in [1.807, 2.05) is 6.92 Å². The van der Waals surface area contributed by atoms with E-state index in [9.17, 15) is 10.1 Å². The maximum atomic E-state index is 12.3. The molecule has 0 spiro atoms. The van der Waals surface area contributed by atoms with Gasteiger partial charge in [-0.15, -0.1) is 11.3 Å². The van der Waals surface area contributed by atoms with Crippen molar-refractivity contribution in [3.8, 4) is 6.07 Å². The minimum atomic E-state index is -0.331. The maximum Gasteiger partial charge on any atom is 0.292 e. The molecule has 0 aromatic carbocycles. The molecule has 6 heteroatoms. The number of furan rings is 1. The molecular formula is C17H18N2O3S. The van der Waals surface area contributed by atoms with Gasteiger partial charge in [-0.1, -0.05) is 0 Å². The van der Waals surface area contributed by atoms with E-state index in [1.165, 1.54) is 16.2 Å². The van der Waals surface area contributed by atoms with Crippen LogP contribution in [0.15, 0.2) is 16.5 Å². The number of fused-ring (bicyclic) bond motifs is 1. The van der Waals surface area contributed by atoms with Gasteiger partial charge in [-0.25, -0.2) is 0 Å². The van der Waals surface area contributed by atoms with Crippen molar-refractivity contribution in [3.63, 3.8) is 0 Å². The number of hydrogen-bond acceptors (Lipinski definition) is 5. The number of nitrogens with one attached hydrogen (secondary N) is 1. The fraction of sp³-hybridized carbons (Fsp3) is 0.412. The molecule has 0 saturated heterocycles. The van der Waals surface area contributed by atoms with Gasteiger partial charge in [-0.2, -0.15) is 5.26 Å². The number of amides is 1. The van der Waals surface area contributed by atoms with E-state index >= 15 is 0 Å². The SMILES string of the molecule is CCOCc1ccc(C(=O)Nc2sc3c(c2C#N)CCCC3)o1. The molecule has 2 heterocycles. The van der Waals surface area contributed by atoms with Gasteiger partial charge in [0.15, 0.2) is 5.76 Å². The molecule has 0 bridgehead atoms. The molecule has 0 unspecified atom stereocenters. The van der Waals surface area contributed by atoms with Crippen LogP contribution in [0.3, 0.4) is 0 Å². The van der Waals surface area contributed by atoms with Crippen LogP contribution in [0.5, 0.6) is 0 Å². The number of hydrogen-bond donors (Lipinski definition) is 1. The third kappa shape index (κ3) is 3.31. The summed E-state index contributed by atoms with van der Waals surface area (Å²) in [5.74, 6) is 0.515. The summed E-state index contributed by atoms with van der Waals surface area (Å²) < 4.78 is 10.7. The Labute approximate surface area is 138 Å². The van der Waals surface area contributed by atoms with E-state index in [2.05, 4.69) is 11.4 Å². The van der Waals surface area contributed by atoms with Gasteiger partial charge in [0.25, 0.3) is 5.91 Å². The molecule has 1 aliphatic carbocycles. The molecule has 1 N–H and O–H groups in total. The number of aryl methyl sites for hydroxylation is 1. The summed E-state index contributed by atoms with van der Waals surface area (Å²) in [6, 6.07) is 5.60. The Morgan fingerprint density at radius 2 is 2.26 bits per heavy atom. The van der Waals surface area contributed by atoms with E-state index in [0.29, 0.717) is 29.5 Å². The van der Waals surface area contributed by atoms with Crippen molar-refractivity contribution in [1.82, 2.24) is 0 Å². The molecule has 1 amide bonds. The molecule has 0 aliphatic heterocycles. The first-order valence-corrected chi connectivity index (χ1v) is 8.57. The molecule has 1 aliphatic rings. The smallest absolute Gasteiger partial charge is 0.292 e. The quantitative estimate of drug-likeness (QED) is 0.902. The molecule has 0 fully saturated rings. The van der Waals surface area contributed by atoms with Crippen molar-refractivity contribution in [2.75, 3.05) is 11.9 Å². The molecule has 0 radical (unpaired) electrons. The zero-order chi connectivity index (χ0) is 16.2. The number of rotatable bonds is 5.